The van der Waals surface area contributed by atoms with E-state index in [1.54, 1.807) is 43.3 Å². The second kappa shape index (κ2) is 10.1. The minimum absolute atomic E-state index is 0.0391. The van der Waals surface area contributed by atoms with Gasteiger partial charge in [0.25, 0.3) is 17.5 Å². The van der Waals surface area contributed by atoms with Crippen LogP contribution >= 0.6 is 0 Å². The van der Waals surface area contributed by atoms with E-state index in [-0.39, 0.29) is 24.4 Å². The van der Waals surface area contributed by atoms with Crippen LogP contribution in [0.1, 0.15) is 31.4 Å². The van der Waals surface area contributed by atoms with Crippen LogP contribution in [0.4, 0.5) is 17.1 Å². The topological polar surface area (TPSA) is 153 Å². The highest BCUT2D eigenvalue weighted by atomic mass is 16.6. The first-order chi connectivity index (χ1) is 16.1. The zero-order valence-electron chi connectivity index (χ0n) is 18.8. The Morgan fingerprint density at radius 3 is 2.65 bits per heavy atom. The van der Waals surface area contributed by atoms with Crippen LogP contribution in [-0.4, -0.2) is 44.8 Å². The van der Waals surface area contributed by atoms with Gasteiger partial charge in [-0.3, -0.25) is 19.7 Å². The Balaban J connectivity index is 1.99. The van der Waals surface area contributed by atoms with E-state index in [0.29, 0.717) is 23.4 Å². The highest BCUT2D eigenvalue weighted by Crippen LogP contribution is 2.47. The molecule has 10 nitrogen and oxygen atoms in total. The van der Waals surface area contributed by atoms with E-state index in [0.717, 1.165) is 0 Å². The summed E-state index contributed by atoms with van der Waals surface area (Å²) in [5, 5.41) is 43.9. The number of hydrogen-bond donors (Lipinski definition) is 4. The predicted octanol–water partition coefficient (Wildman–Crippen LogP) is 2.22. The van der Waals surface area contributed by atoms with Crippen LogP contribution in [0.25, 0.3) is 0 Å². The molecule has 1 aliphatic rings. The second-order valence-corrected chi connectivity index (χ2v) is 8.21. The lowest BCUT2D eigenvalue weighted by atomic mass is 9.82. The average Bonchev–Trinajstić information content (AvgIpc) is 3.01. The van der Waals surface area contributed by atoms with E-state index in [1.807, 2.05) is 0 Å². The molecule has 0 aliphatic carbocycles. The summed E-state index contributed by atoms with van der Waals surface area (Å²) < 4.78 is 0. The number of hydrogen-bond acceptors (Lipinski definition) is 7. The number of nitro groups is 1. The Kier molecular flexibility index (Phi) is 7.45. The molecule has 0 fully saturated rings. The molecule has 180 valence electrons. The number of fused-ring (bicyclic) bond motifs is 1. The molecule has 1 aliphatic heterocycles. The maximum absolute atomic E-state index is 13.5. The molecule has 10 heteroatoms. The zero-order valence-corrected chi connectivity index (χ0v) is 18.8. The van der Waals surface area contributed by atoms with Crippen molar-refractivity contribution in [3.05, 3.63) is 75.9 Å². The van der Waals surface area contributed by atoms with Gasteiger partial charge >= 0.3 is 0 Å². The summed E-state index contributed by atoms with van der Waals surface area (Å²) in [4.78, 5) is 37.4. The Labute approximate surface area is 196 Å². The van der Waals surface area contributed by atoms with Gasteiger partial charge in [0.2, 0.25) is 0 Å². The Bertz CT molecular complexity index is 1130. The van der Waals surface area contributed by atoms with Crippen LogP contribution in [-0.2, 0) is 21.7 Å². The molecule has 0 spiro atoms. The second-order valence-electron chi connectivity index (χ2n) is 8.21. The van der Waals surface area contributed by atoms with Gasteiger partial charge in [0, 0.05) is 35.9 Å². The van der Waals surface area contributed by atoms with E-state index >= 15 is 0 Å². The lowest BCUT2D eigenvalue weighted by Crippen LogP contribution is -2.44. The fraction of sp³-hybridized carbons (Fsp3) is 0.333. The number of benzene rings is 2. The highest BCUT2D eigenvalue weighted by molar-refractivity contribution is 6.07. The fourth-order valence-corrected chi connectivity index (χ4v) is 3.90. The Morgan fingerprint density at radius 1 is 1.26 bits per heavy atom. The van der Waals surface area contributed by atoms with Crippen molar-refractivity contribution in [1.82, 2.24) is 0 Å². The normalized spacial score (nSPS) is 19.2. The molecular formula is C24H27N3O7. The van der Waals surface area contributed by atoms with Crippen LogP contribution < -0.4 is 10.2 Å². The average molecular weight is 469 g/mol. The van der Waals surface area contributed by atoms with Crippen molar-refractivity contribution in [2.75, 3.05) is 16.8 Å². The molecule has 2 aromatic carbocycles. The van der Waals surface area contributed by atoms with Gasteiger partial charge in [-0.05, 0) is 37.1 Å². The summed E-state index contributed by atoms with van der Waals surface area (Å²) in [5.74, 6) is -1.94. The van der Waals surface area contributed by atoms with Gasteiger partial charge in [0.15, 0.2) is 5.60 Å². The van der Waals surface area contributed by atoms with Crippen molar-refractivity contribution in [2.24, 2.45) is 5.92 Å². The standard InChI is InChI=1S/C24H27N3O7/c1-15(6-3-4-11-28)24(32)20-13-19(27(33)34)9-10-21(20)26(23(24)31)14-17-7-5-8-18(12-17)25-22(30)16(2)29/h3,5-10,12-13,15-16,28-29,32H,4,11,14H2,1-2H3,(H,25,30)/b6-3+/t15-,16-,24+/m0/s1. The number of nitrogens with one attached hydrogen (secondary N) is 1. The minimum Gasteiger partial charge on any atom is -0.396 e. The summed E-state index contributed by atoms with van der Waals surface area (Å²) in [6.45, 7) is 2.92. The third-order valence-electron chi connectivity index (χ3n) is 5.76. The third kappa shape index (κ3) is 4.84. The van der Waals surface area contributed by atoms with Crippen LogP contribution in [0.2, 0.25) is 0 Å². The number of nitrogens with zero attached hydrogens (tertiary/aromatic N) is 2. The number of carbonyl (C=O) groups is 2. The van der Waals surface area contributed by atoms with E-state index in [2.05, 4.69) is 5.32 Å². The molecule has 0 radical (unpaired) electrons. The van der Waals surface area contributed by atoms with Crippen molar-refractivity contribution >= 4 is 28.9 Å². The Hall–Kier alpha value is -3.60. The van der Waals surface area contributed by atoms with E-state index < -0.39 is 34.4 Å². The summed E-state index contributed by atoms with van der Waals surface area (Å²) in [5.41, 5.74) is -0.749. The lowest BCUT2D eigenvalue weighted by Gasteiger charge is -2.27. The summed E-state index contributed by atoms with van der Waals surface area (Å²) in [6.07, 6.45) is 2.39. The van der Waals surface area contributed by atoms with Gasteiger partial charge < -0.3 is 25.5 Å². The van der Waals surface area contributed by atoms with Crippen molar-refractivity contribution in [2.45, 2.75) is 38.5 Å². The number of nitro benzene ring substituents is 1. The lowest BCUT2D eigenvalue weighted by molar-refractivity contribution is -0.385. The van der Waals surface area contributed by atoms with Gasteiger partial charge in [0.05, 0.1) is 17.2 Å². The molecule has 2 aromatic rings. The number of aliphatic hydroxyl groups is 3. The molecule has 0 saturated heterocycles. The van der Waals surface area contributed by atoms with Crippen molar-refractivity contribution in [3.63, 3.8) is 0 Å². The maximum atomic E-state index is 13.5. The third-order valence-corrected chi connectivity index (χ3v) is 5.76. The SMILES string of the molecule is C[C@H](O)C(=O)Nc1cccc(CN2C(=O)[C@@](O)([C@@H](C)/C=C/CCO)c3cc([N+](=O)[O-])ccc32)c1. The molecule has 3 rings (SSSR count). The molecule has 2 amide bonds. The van der Waals surface area contributed by atoms with Gasteiger partial charge in [0.1, 0.15) is 6.10 Å². The minimum atomic E-state index is -2.04. The molecule has 0 aromatic heterocycles. The highest BCUT2D eigenvalue weighted by Gasteiger charge is 2.53. The van der Waals surface area contributed by atoms with Gasteiger partial charge in [-0.2, -0.15) is 0 Å². The number of aliphatic hydroxyl groups excluding tert-OH is 2. The largest absolute Gasteiger partial charge is 0.396 e. The summed E-state index contributed by atoms with van der Waals surface area (Å²) >= 11 is 0. The monoisotopic (exact) mass is 469 g/mol. The molecule has 0 bridgehead atoms. The fourth-order valence-electron chi connectivity index (χ4n) is 3.90. The molecule has 0 unspecified atom stereocenters. The number of non-ortho nitro benzene ring substituents is 1. The Morgan fingerprint density at radius 2 is 2.00 bits per heavy atom. The summed E-state index contributed by atoms with van der Waals surface area (Å²) in [7, 11) is 0. The van der Waals surface area contributed by atoms with Gasteiger partial charge in [-0.25, -0.2) is 0 Å². The molecular weight excluding hydrogens is 442 g/mol. The summed E-state index contributed by atoms with van der Waals surface area (Å²) in [6, 6.07) is 10.6. The van der Waals surface area contributed by atoms with E-state index in [4.69, 9.17) is 5.11 Å². The molecule has 34 heavy (non-hydrogen) atoms. The predicted molar refractivity (Wildman–Crippen MR) is 125 cm³/mol. The zero-order chi connectivity index (χ0) is 25.0. The number of rotatable bonds is 9. The molecule has 4 N–H and O–H groups in total. The van der Waals surface area contributed by atoms with Crippen molar-refractivity contribution in [1.29, 1.82) is 0 Å². The number of carbonyl (C=O) groups excluding carboxylic acids is 2. The number of anilines is 2. The smallest absolute Gasteiger partial charge is 0.269 e. The van der Waals surface area contributed by atoms with E-state index in [9.17, 15) is 29.9 Å². The number of amides is 2. The first kappa shape index (κ1) is 25.0. The first-order valence-electron chi connectivity index (χ1n) is 10.8. The van der Waals surface area contributed by atoms with Crippen LogP contribution in [0.15, 0.2) is 54.6 Å². The van der Waals surface area contributed by atoms with Crippen LogP contribution in [0, 0.1) is 16.0 Å². The van der Waals surface area contributed by atoms with Crippen LogP contribution in [0.5, 0.6) is 0 Å². The van der Waals surface area contributed by atoms with Crippen molar-refractivity contribution < 1.29 is 29.8 Å². The quantitative estimate of drug-likeness (QED) is 0.249. The first-order valence-corrected chi connectivity index (χ1v) is 10.8. The molecule has 1 heterocycles. The van der Waals surface area contributed by atoms with E-state index in [1.165, 1.54) is 30.0 Å². The van der Waals surface area contributed by atoms with Gasteiger partial charge in [-0.1, -0.05) is 31.2 Å². The van der Waals surface area contributed by atoms with Gasteiger partial charge in [-0.15, -0.1) is 0 Å². The molecule has 3 atom stereocenters. The maximum Gasteiger partial charge on any atom is 0.269 e. The molecule has 0 saturated carbocycles. The van der Waals surface area contributed by atoms with Crippen molar-refractivity contribution in [3.8, 4) is 0 Å². The van der Waals surface area contributed by atoms with Crippen LogP contribution in [0.3, 0.4) is 0 Å².